The van der Waals surface area contributed by atoms with Crippen molar-refractivity contribution in [2.24, 2.45) is 0 Å². The van der Waals surface area contributed by atoms with Crippen LogP contribution in [-0.2, 0) is 11.3 Å². The van der Waals surface area contributed by atoms with Gasteiger partial charge in [-0.3, -0.25) is 9.59 Å². The summed E-state index contributed by atoms with van der Waals surface area (Å²) < 4.78 is 2.54. The molecule has 0 fully saturated rings. The maximum Gasteiger partial charge on any atom is 0.250 e. The maximum atomic E-state index is 11.7. The Kier molecular flexibility index (Phi) is 7.28. The average Bonchev–Trinajstić information content (AvgIpc) is 2.57. The molecule has 0 aliphatic heterocycles. The number of amides is 1. The van der Waals surface area contributed by atoms with E-state index in [9.17, 15) is 9.59 Å². The summed E-state index contributed by atoms with van der Waals surface area (Å²) in [6.45, 7) is 1.21. The van der Waals surface area contributed by atoms with Crippen LogP contribution in [0.2, 0.25) is 5.02 Å². The van der Waals surface area contributed by atoms with Gasteiger partial charge >= 0.3 is 0 Å². The van der Waals surface area contributed by atoms with E-state index >= 15 is 0 Å². The summed E-state index contributed by atoms with van der Waals surface area (Å²) in [5, 5.41) is 3.50. The van der Waals surface area contributed by atoms with E-state index in [1.165, 1.54) is 12.1 Å². The van der Waals surface area contributed by atoms with Crippen molar-refractivity contribution in [3.8, 4) is 0 Å². The second-order valence-corrected chi connectivity index (χ2v) is 6.61. The first-order chi connectivity index (χ1) is 11.5. The van der Waals surface area contributed by atoms with Crippen LogP contribution in [0.1, 0.15) is 18.4 Å². The van der Waals surface area contributed by atoms with Crippen LogP contribution in [0.15, 0.2) is 57.9 Å². The molecule has 0 saturated heterocycles. The molecule has 0 radical (unpaired) electrons. The smallest absolute Gasteiger partial charge is 0.250 e. The fraction of sp³-hybridized carbons (Fsp3) is 0.222. The van der Waals surface area contributed by atoms with Gasteiger partial charge in [-0.1, -0.05) is 23.7 Å². The Labute approximate surface area is 154 Å². The predicted molar refractivity (Wildman–Crippen MR) is 101 cm³/mol. The highest BCUT2D eigenvalue weighted by Gasteiger charge is 1.98. The fourth-order valence-electron chi connectivity index (χ4n) is 2.10. The van der Waals surface area contributed by atoms with E-state index in [1.807, 2.05) is 12.1 Å². The van der Waals surface area contributed by atoms with E-state index in [-0.39, 0.29) is 11.5 Å². The van der Waals surface area contributed by atoms with E-state index in [2.05, 4.69) is 21.2 Å². The third-order valence-electron chi connectivity index (χ3n) is 3.37. The lowest BCUT2D eigenvalue weighted by Gasteiger charge is -2.06. The second-order valence-electron chi connectivity index (χ2n) is 5.26. The van der Waals surface area contributed by atoms with Crippen LogP contribution >= 0.6 is 27.5 Å². The lowest BCUT2D eigenvalue weighted by molar-refractivity contribution is -0.116. The Bertz CT molecular complexity index is 769. The van der Waals surface area contributed by atoms with Crippen molar-refractivity contribution in [3.05, 3.63) is 74.1 Å². The summed E-state index contributed by atoms with van der Waals surface area (Å²) in [4.78, 5) is 23.4. The lowest BCUT2D eigenvalue weighted by atomic mass is 10.2. The Morgan fingerprint density at radius 1 is 1.17 bits per heavy atom. The molecule has 0 saturated carbocycles. The van der Waals surface area contributed by atoms with Gasteiger partial charge in [0, 0.05) is 40.9 Å². The SMILES string of the molecule is O=C(/C=C/c1ccc(Cl)cc1)NCCCCn1cc(Br)ccc1=O. The van der Waals surface area contributed by atoms with Crippen LogP contribution in [0.4, 0.5) is 0 Å². The number of carbonyl (C=O) groups excluding carboxylic acids is 1. The summed E-state index contributed by atoms with van der Waals surface area (Å²) in [5.74, 6) is -0.135. The van der Waals surface area contributed by atoms with E-state index in [4.69, 9.17) is 11.6 Å². The minimum absolute atomic E-state index is 0.0202. The molecule has 1 amide bonds. The first-order valence-electron chi connectivity index (χ1n) is 7.62. The average molecular weight is 410 g/mol. The molecule has 0 bridgehead atoms. The number of hydrogen-bond donors (Lipinski definition) is 1. The zero-order valence-corrected chi connectivity index (χ0v) is 15.4. The molecular formula is C18H18BrClN2O2. The lowest BCUT2D eigenvalue weighted by Crippen LogP contribution is -2.23. The van der Waals surface area contributed by atoms with Crippen molar-refractivity contribution in [1.29, 1.82) is 0 Å². The number of carbonyl (C=O) groups is 1. The molecule has 1 heterocycles. The molecular weight excluding hydrogens is 392 g/mol. The third kappa shape index (κ3) is 6.34. The molecule has 0 atom stereocenters. The molecule has 24 heavy (non-hydrogen) atoms. The second kappa shape index (κ2) is 9.45. The van der Waals surface area contributed by atoms with Gasteiger partial charge in [-0.05, 0) is 58.6 Å². The first-order valence-corrected chi connectivity index (χ1v) is 8.79. The summed E-state index contributed by atoms with van der Waals surface area (Å²) in [6.07, 6.45) is 6.64. The van der Waals surface area contributed by atoms with Gasteiger partial charge in [-0.25, -0.2) is 0 Å². The highest BCUT2D eigenvalue weighted by atomic mass is 79.9. The number of unbranched alkanes of at least 4 members (excludes halogenated alkanes) is 1. The molecule has 1 aromatic heterocycles. The van der Waals surface area contributed by atoms with Gasteiger partial charge in [0.15, 0.2) is 0 Å². The van der Waals surface area contributed by atoms with Crippen LogP contribution in [0.25, 0.3) is 6.08 Å². The van der Waals surface area contributed by atoms with Gasteiger partial charge in [0.1, 0.15) is 0 Å². The van der Waals surface area contributed by atoms with E-state index < -0.39 is 0 Å². The van der Waals surface area contributed by atoms with Crippen molar-refractivity contribution in [3.63, 3.8) is 0 Å². The van der Waals surface area contributed by atoms with Gasteiger partial charge < -0.3 is 9.88 Å². The van der Waals surface area contributed by atoms with E-state index in [0.717, 1.165) is 22.9 Å². The molecule has 1 N–H and O–H groups in total. The Balaban J connectivity index is 1.68. The number of hydrogen-bond acceptors (Lipinski definition) is 2. The maximum absolute atomic E-state index is 11.7. The Morgan fingerprint density at radius 3 is 2.67 bits per heavy atom. The van der Waals surface area contributed by atoms with Crippen molar-refractivity contribution in [2.75, 3.05) is 6.54 Å². The topological polar surface area (TPSA) is 51.1 Å². The van der Waals surface area contributed by atoms with Crippen molar-refractivity contribution in [2.45, 2.75) is 19.4 Å². The van der Waals surface area contributed by atoms with E-state index in [1.54, 1.807) is 35.0 Å². The number of halogens is 2. The van der Waals surface area contributed by atoms with Gasteiger partial charge in [0.25, 0.3) is 5.56 Å². The molecule has 2 aromatic rings. The molecule has 2 rings (SSSR count). The molecule has 1 aromatic carbocycles. The van der Waals surface area contributed by atoms with Crippen LogP contribution < -0.4 is 10.9 Å². The molecule has 0 aliphatic carbocycles. The number of benzene rings is 1. The monoisotopic (exact) mass is 408 g/mol. The highest BCUT2D eigenvalue weighted by molar-refractivity contribution is 9.10. The minimum atomic E-state index is -0.135. The molecule has 6 heteroatoms. The van der Waals surface area contributed by atoms with Crippen LogP contribution in [-0.4, -0.2) is 17.0 Å². The minimum Gasteiger partial charge on any atom is -0.353 e. The number of rotatable bonds is 7. The van der Waals surface area contributed by atoms with Gasteiger partial charge in [-0.15, -0.1) is 0 Å². The molecule has 0 aliphatic rings. The highest BCUT2D eigenvalue weighted by Crippen LogP contribution is 2.10. The molecule has 126 valence electrons. The fourth-order valence-corrected chi connectivity index (χ4v) is 2.61. The molecule has 0 unspecified atom stereocenters. The van der Waals surface area contributed by atoms with Crippen molar-refractivity contribution in [1.82, 2.24) is 9.88 Å². The number of nitrogens with zero attached hydrogens (tertiary/aromatic N) is 1. The largest absolute Gasteiger partial charge is 0.353 e. The van der Waals surface area contributed by atoms with Crippen LogP contribution in [0.3, 0.4) is 0 Å². The predicted octanol–water partition coefficient (Wildman–Crippen LogP) is 3.87. The van der Waals surface area contributed by atoms with Crippen molar-refractivity contribution < 1.29 is 4.79 Å². The number of nitrogens with one attached hydrogen (secondary N) is 1. The zero-order valence-electron chi connectivity index (χ0n) is 13.0. The van der Waals surface area contributed by atoms with E-state index in [0.29, 0.717) is 18.1 Å². The third-order valence-corrected chi connectivity index (χ3v) is 4.09. The summed E-state index contributed by atoms with van der Waals surface area (Å²) >= 11 is 9.15. The number of pyridine rings is 1. The quantitative estimate of drug-likeness (QED) is 0.557. The standard InChI is InChI=1S/C18H18BrClN2O2/c19-15-6-10-18(24)22(13-15)12-2-1-11-21-17(23)9-5-14-3-7-16(20)8-4-14/h3-10,13H,1-2,11-12H2,(H,21,23)/b9-5+. The number of aromatic nitrogens is 1. The van der Waals surface area contributed by atoms with Crippen LogP contribution in [0, 0.1) is 0 Å². The van der Waals surface area contributed by atoms with Gasteiger partial charge in [0.2, 0.25) is 5.91 Å². The summed E-state index contributed by atoms with van der Waals surface area (Å²) in [6, 6.07) is 10.5. The Morgan fingerprint density at radius 2 is 1.92 bits per heavy atom. The molecule has 0 spiro atoms. The van der Waals surface area contributed by atoms with Crippen molar-refractivity contribution >= 4 is 39.5 Å². The zero-order chi connectivity index (χ0) is 17.4. The van der Waals surface area contributed by atoms with Gasteiger partial charge in [0.05, 0.1) is 0 Å². The van der Waals surface area contributed by atoms with Crippen LogP contribution in [0.5, 0.6) is 0 Å². The number of aryl methyl sites for hydroxylation is 1. The Hall–Kier alpha value is -1.85. The van der Waals surface area contributed by atoms with Gasteiger partial charge in [-0.2, -0.15) is 0 Å². The molecule has 4 nitrogen and oxygen atoms in total. The first kappa shape index (κ1) is 18.5. The summed E-state index contributed by atoms with van der Waals surface area (Å²) in [7, 11) is 0. The normalized spacial score (nSPS) is 10.9. The summed E-state index contributed by atoms with van der Waals surface area (Å²) in [5.41, 5.74) is 0.900.